The van der Waals surface area contributed by atoms with Crippen LogP contribution in [0.2, 0.25) is 0 Å². The van der Waals surface area contributed by atoms with E-state index in [1.807, 2.05) is 44.2 Å². The summed E-state index contributed by atoms with van der Waals surface area (Å²) >= 11 is 1.26. The van der Waals surface area contributed by atoms with Gasteiger partial charge in [-0.25, -0.2) is 9.97 Å². The van der Waals surface area contributed by atoms with E-state index in [1.54, 1.807) is 10.3 Å². The molecule has 13 nitrogen and oxygen atoms in total. The molecule has 2 aromatic heterocycles. The van der Waals surface area contributed by atoms with Crippen molar-refractivity contribution in [3.8, 4) is 0 Å². The van der Waals surface area contributed by atoms with Crippen molar-refractivity contribution in [2.45, 2.75) is 64.5 Å². The number of rotatable bonds is 6. The molecule has 250 valence electrons. The van der Waals surface area contributed by atoms with Crippen LogP contribution in [0.1, 0.15) is 95.5 Å². The molecule has 0 spiro atoms. The first-order valence-corrected chi connectivity index (χ1v) is 16.9. The van der Waals surface area contributed by atoms with Crippen molar-refractivity contribution < 1.29 is 28.4 Å². The first-order chi connectivity index (χ1) is 22.7. The van der Waals surface area contributed by atoms with Gasteiger partial charge in [0.05, 0.1) is 12.6 Å². The number of nitrogens with zero attached hydrogens (tertiary/aromatic N) is 4. The monoisotopic (exact) mass is 663 g/mol. The zero-order chi connectivity index (χ0) is 33.3. The van der Waals surface area contributed by atoms with E-state index in [4.69, 9.17) is 4.42 Å². The lowest BCUT2D eigenvalue weighted by Crippen LogP contribution is -2.46. The molecule has 1 saturated heterocycles. The second kappa shape index (κ2) is 15.8. The standard InChI is InChI=1S/C33H41N7O6S/c1-21(2)29-33-37-25(20-47-33)31(45)35-23(17-22-9-5-3-6-10-22)32-36-24(19-46-32)30(44)34-13-16-40(18-26(41)38-29)28(43)12-15-39-14-8-4-7-11-27(39)42/h3,5-6,9-10,19-21,23,29H,4,7-8,11-18H2,1-2H3,(H,34,44)(H,35,45)(H,38,41)/t23-,29-/m0/s1. The van der Waals surface area contributed by atoms with E-state index in [0.717, 1.165) is 24.8 Å². The Bertz CT molecular complexity index is 1570. The van der Waals surface area contributed by atoms with E-state index in [9.17, 15) is 24.0 Å². The molecule has 5 amide bonds. The average molecular weight is 664 g/mol. The SMILES string of the molecule is CC(C)[C@@H]1NC(=O)CN(C(=O)CCN2CCCCCC2=O)CCNC(=O)c2coc(n2)[C@H](Cc2ccccc2)NC(=O)c2csc1n2. The highest BCUT2D eigenvalue weighted by atomic mass is 32.1. The number of hydrogen-bond acceptors (Lipinski definition) is 9. The largest absolute Gasteiger partial charge is 0.446 e. The normalized spacial score (nSPS) is 20.1. The molecule has 0 unspecified atom stereocenters. The minimum atomic E-state index is -0.694. The molecule has 2 atom stereocenters. The van der Waals surface area contributed by atoms with Gasteiger partial charge in [-0.05, 0) is 24.3 Å². The molecule has 0 radical (unpaired) electrons. The molecule has 1 aromatic carbocycles. The van der Waals surface area contributed by atoms with Crippen molar-refractivity contribution in [3.63, 3.8) is 0 Å². The summed E-state index contributed by atoms with van der Waals surface area (Å²) < 4.78 is 5.69. The molecule has 4 heterocycles. The van der Waals surface area contributed by atoms with Gasteiger partial charge in [0.25, 0.3) is 11.8 Å². The van der Waals surface area contributed by atoms with E-state index < -0.39 is 29.8 Å². The Morgan fingerprint density at radius 2 is 1.81 bits per heavy atom. The Morgan fingerprint density at radius 3 is 2.60 bits per heavy atom. The van der Waals surface area contributed by atoms with Gasteiger partial charge in [-0.3, -0.25) is 24.0 Å². The quantitative estimate of drug-likeness (QED) is 0.362. The van der Waals surface area contributed by atoms with Crippen LogP contribution in [0.4, 0.5) is 0 Å². The Morgan fingerprint density at radius 1 is 1.00 bits per heavy atom. The Balaban J connectivity index is 1.39. The Kier molecular flexibility index (Phi) is 11.4. The Hall–Kier alpha value is -4.59. The fourth-order valence-corrected chi connectivity index (χ4v) is 6.65. The van der Waals surface area contributed by atoms with E-state index in [2.05, 4.69) is 25.9 Å². The number of aromatic nitrogens is 2. The molecule has 5 rings (SSSR count). The fourth-order valence-electron chi connectivity index (χ4n) is 5.63. The summed E-state index contributed by atoms with van der Waals surface area (Å²) in [5, 5.41) is 10.9. The number of thiazole rings is 1. The van der Waals surface area contributed by atoms with Gasteiger partial charge in [0, 0.05) is 50.8 Å². The van der Waals surface area contributed by atoms with E-state index in [-0.39, 0.29) is 67.6 Å². The molecule has 47 heavy (non-hydrogen) atoms. The second-order valence-electron chi connectivity index (χ2n) is 12.2. The predicted molar refractivity (Wildman–Crippen MR) is 173 cm³/mol. The summed E-state index contributed by atoms with van der Waals surface area (Å²) in [5.74, 6) is -1.55. The number of carbonyl (C=O) groups is 5. The highest BCUT2D eigenvalue weighted by molar-refractivity contribution is 7.09. The zero-order valence-corrected chi connectivity index (χ0v) is 27.5. The second-order valence-corrected chi connectivity index (χ2v) is 13.0. The third kappa shape index (κ3) is 9.03. The van der Waals surface area contributed by atoms with Gasteiger partial charge in [-0.2, -0.15) is 0 Å². The highest BCUT2D eigenvalue weighted by Crippen LogP contribution is 2.26. The van der Waals surface area contributed by atoms with E-state index in [1.165, 1.54) is 22.5 Å². The van der Waals surface area contributed by atoms with Crippen LogP contribution in [-0.4, -0.2) is 82.0 Å². The van der Waals surface area contributed by atoms with Gasteiger partial charge in [0.15, 0.2) is 5.69 Å². The van der Waals surface area contributed by atoms with Gasteiger partial charge in [-0.1, -0.05) is 50.6 Å². The minimum Gasteiger partial charge on any atom is -0.446 e. The molecule has 4 bridgehead atoms. The molecule has 3 aromatic rings. The van der Waals surface area contributed by atoms with Crippen LogP contribution in [0.25, 0.3) is 0 Å². The number of amides is 5. The van der Waals surface area contributed by atoms with Crippen LogP contribution in [0.15, 0.2) is 46.4 Å². The van der Waals surface area contributed by atoms with Gasteiger partial charge in [0.1, 0.15) is 23.0 Å². The lowest BCUT2D eigenvalue weighted by atomic mass is 10.0. The number of nitrogens with one attached hydrogen (secondary N) is 3. The number of likely N-dealkylation sites (tertiary alicyclic amines) is 1. The molecular formula is C33H41N7O6S. The molecule has 3 N–H and O–H groups in total. The summed E-state index contributed by atoms with van der Waals surface area (Å²) in [7, 11) is 0. The third-order valence-corrected chi connectivity index (χ3v) is 9.19. The molecular weight excluding hydrogens is 622 g/mol. The van der Waals surface area contributed by atoms with Crippen molar-refractivity contribution in [3.05, 3.63) is 69.8 Å². The van der Waals surface area contributed by atoms with Crippen LogP contribution in [0.5, 0.6) is 0 Å². The lowest BCUT2D eigenvalue weighted by molar-refractivity contribution is -0.137. The molecule has 0 aliphatic carbocycles. The molecule has 2 aliphatic heterocycles. The molecule has 14 heteroatoms. The highest BCUT2D eigenvalue weighted by Gasteiger charge is 2.28. The summed E-state index contributed by atoms with van der Waals surface area (Å²) in [4.78, 5) is 77.8. The first-order valence-electron chi connectivity index (χ1n) is 16.1. The number of carbonyl (C=O) groups excluding carboxylic acids is 5. The topological polar surface area (TPSA) is 167 Å². The van der Waals surface area contributed by atoms with Crippen molar-refractivity contribution >= 4 is 40.9 Å². The van der Waals surface area contributed by atoms with Crippen LogP contribution < -0.4 is 16.0 Å². The maximum Gasteiger partial charge on any atom is 0.273 e. The molecule has 0 saturated carbocycles. The van der Waals surface area contributed by atoms with Crippen LogP contribution in [0.3, 0.4) is 0 Å². The lowest BCUT2D eigenvalue weighted by Gasteiger charge is -2.27. The zero-order valence-electron chi connectivity index (χ0n) is 26.7. The maximum absolute atomic E-state index is 13.4. The van der Waals surface area contributed by atoms with Gasteiger partial charge < -0.3 is 30.2 Å². The maximum atomic E-state index is 13.4. The van der Waals surface area contributed by atoms with Crippen molar-refractivity contribution in [1.29, 1.82) is 0 Å². The van der Waals surface area contributed by atoms with Crippen LogP contribution in [-0.2, 0) is 20.8 Å². The first kappa shape index (κ1) is 33.8. The predicted octanol–water partition coefficient (Wildman–Crippen LogP) is 3.02. The third-order valence-electron chi connectivity index (χ3n) is 8.27. The summed E-state index contributed by atoms with van der Waals surface area (Å²) in [6, 6.07) is 8.32. The van der Waals surface area contributed by atoms with E-state index >= 15 is 0 Å². The van der Waals surface area contributed by atoms with E-state index in [0.29, 0.717) is 24.4 Å². The van der Waals surface area contributed by atoms with Crippen molar-refractivity contribution in [2.24, 2.45) is 5.92 Å². The van der Waals surface area contributed by atoms with Gasteiger partial charge >= 0.3 is 0 Å². The fraction of sp³-hybridized carbons (Fsp3) is 0.485. The molecule has 2 aliphatic rings. The summed E-state index contributed by atoms with van der Waals surface area (Å²) in [6.45, 7) is 4.62. The van der Waals surface area contributed by atoms with Crippen molar-refractivity contribution in [2.75, 3.05) is 32.7 Å². The Labute approximate surface area is 277 Å². The van der Waals surface area contributed by atoms with Gasteiger partial charge in [0.2, 0.25) is 23.6 Å². The van der Waals surface area contributed by atoms with Crippen LogP contribution >= 0.6 is 11.3 Å². The summed E-state index contributed by atoms with van der Waals surface area (Å²) in [5.41, 5.74) is 1.11. The van der Waals surface area contributed by atoms with Gasteiger partial charge in [-0.15, -0.1) is 11.3 Å². The molecule has 1 fully saturated rings. The number of oxazole rings is 1. The smallest absolute Gasteiger partial charge is 0.273 e. The number of hydrogen-bond donors (Lipinski definition) is 3. The minimum absolute atomic E-state index is 0.0134. The summed E-state index contributed by atoms with van der Waals surface area (Å²) in [6.07, 6.45) is 4.83. The number of benzene rings is 1. The number of fused-ring (bicyclic) bond motifs is 4. The van der Waals surface area contributed by atoms with Crippen molar-refractivity contribution in [1.82, 2.24) is 35.7 Å². The van der Waals surface area contributed by atoms with Crippen LogP contribution in [0, 0.1) is 5.92 Å². The average Bonchev–Trinajstić information content (AvgIpc) is 3.70.